The normalized spacial score (nSPS) is 48.6. The van der Waals surface area contributed by atoms with E-state index in [4.69, 9.17) is 21.1 Å². The maximum absolute atomic E-state index is 5.97. The third-order valence-electron chi connectivity index (χ3n) is 3.53. The van der Waals surface area contributed by atoms with Gasteiger partial charge in [-0.25, -0.2) is 0 Å². The van der Waals surface area contributed by atoms with Crippen LogP contribution >= 0.6 is 11.6 Å². The molecule has 2 aliphatic rings. The summed E-state index contributed by atoms with van der Waals surface area (Å²) in [5, 5.41) is 0. The summed E-state index contributed by atoms with van der Waals surface area (Å²) in [5.41, 5.74) is 0. The SMILES string of the molecule is CC1CCC(C)C2(C1)OCC(CCl)O2. The van der Waals surface area contributed by atoms with Crippen molar-refractivity contribution in [1.29, 1.82) is 0 Å². The maximum Gasteiger partial charge on any atom is 0.171 e. The molecule has 1 saturated carbocycles. The minimum atomic E-state index is -0.308. The third-order valence-corrected chi connectivity index (χ3v) is 3.87. The van der Waals surface area contributed by atoms with Crippen molar-refractivity contribution < 1.29 is 9.47 Å². The molecule has 0 aromatic carbocycles. The lowest BCUT2D eigenvalue weighted by molar-refractivity contribution is -0.223. The lowest BCUT2D eigenvalue weighted by atomic mass is 9.79. The molecule has 1 aliphatic heterocycles. The topological polar surface area (TPSA) is 18.5 Å². The van der Waals surface area contributed by atoms with E-state index >= 15 is 0 Å². The molecule has 4 unspecified atom stereocenters. The van der Waals surface area contributed by atoms with Crippen LogP contribution in [-0.4, -0.2) is 24.4 Å². The first kappa shape index (κ1) is 10.7. The lowest BCUT2D eigenvalue weighted by Crippen LogP contribution is -2.43. The minimum Gasteiger partial charge on any atom is -0.347 e. The molecular formula is C11H19ClO2. The van der Waals surface area contributed by atoms with Crippen LogP contribution in [0.25, 0.3) is 0 Å². The molecule has 0 aromatic rings. The first-order valence-corrected chi connectivity index (χ1v) is 6.07. The molecular weight excluding hydrogens is 200 g/mol. The Hall–Kier alpha value is 0.210. The number of rotatable bonds is 1. The second-order valence-electron chi connectivity index (χ2n) is 4.80. The molecule has 0 N–H and O–H groups in total. The van der Waals surface area contributed by atoms with E-state index in [0.29, 0.717) is 24.3 Å². The number of hydrogen-bond donors (Lipinski definition) is 0. The Morgan fingerprint density at radius 3 is 2.79 bits per heavy atom. The summed E-state index contributed by atoms with van der Waals surface area (Å²) in [6.07, 6.45) is 3.63. The van der Waals surface area contributed by atoms with Gasteiger partial charge in [0, 0.05) is 12.3 Å². The summed E-state index contributed by atoms with van der Waals surface area (Å²) >= 11 is 5.79. The minimum absolute atomic E-state index is 0.101. The number of halogens is 1. The molecule has 1 aliphatic carbocycles. The van der Waals surface area contributed by atoms with E-state index in [9.17, 15) is 0 Å². The highest BCUT2D eigenvalue weighted by atomic mass is 35.5. The first-order valence-electron chi connectivity index (χ1n) is 5.54. The first-order chi connectivity index (χ1) is 6.66. The quantitative estimate of drug-likeness (QED) is 0.631. The van der Waals surface area contributed by atoms with Crippen LogP contribution in [0, 0.1) is 11.8 Å². The highest BCUT2D eigenvalue weighted by Gasteiger charge is 2.48. The molecule has 2 rings (SSSR count). The highest BCUT2D eigenvalue weighted by Crippen LogP contribution is 2.44. The third kappa shape index (κ3) is 1.80. The maximum atomic E-state index is 5.97. The Balaban J connectivity index is 2.06. The van der Waals surface area contributed by atoms with Crippen LogP contribution in [0.4, 0.5) is 0 Å². The van der Waals surface area contributed by atoms with Crippen LogP contribution in [0.5, 0.6) is 0 Å². The van der Waals surface area contributed by atoms with Gasteiger partial charge in [0.15, 0.2) is 5.79 Å². The highest BCUT2D eigenvalue weighted by molar-refractivity contribution is 6.18. The Morgan fingerprint density at radius 2 is 2.14 bits per heavy atom. The molecule has 2 nitrogen and oxygen atoms in total. The zero-order valence-electron chi connectivity index (χ0n) is 8.96. The van der Waals surface area contributed by atoms with Gasteiger partial charge in [-0.15, -0.1) is 11.6 Å². The van der Waals surface area contributed by atoms with Gasteiger partial charge < -0.3 is 9.47 Å². The smallest absolute Gasteiger partial charge is 0.171 e. The van der Waals surface area contributed by atoms with Gasteiger partial charge in [0.2, 0.25) is 0 Å². The van der Waals surface area contributed by atoms with Gasteiger partial charge in [-0.1, -0.05) is 20.3 Å². The molecule has 1 saturated heterocycles. The molecule has 0 radical (unpaired) electrons. The molecule has 14 heavy (non-hydrogen) atoms. The van der Waals surface area contributed by atoms with Gasteiger partial charge in [0.25, 0.3) is 0 Å². The van der Waals surface area contributed by atoms with Crippen molar-refractivity contribution in [3.63, 3.8) is 0 Å². The second-order valence-corrected chi connectivity index (χ2v) is 5.11. The average molecular weight is 219 g/mol. The summed E-state index contributed by atoms with van der Waals surface area (Å²) < 4.78 is 11.8. The number of alkyl halides is 1. The average Bonchev–Trinajstić information content (AvgIpc) is 2.57. The van der Waals surface area contributed by atoms with Gasteiger partial charge in [0.1, 0.15) is 0 Å². The Labute approximate surface area is 90.9 Å². The van der Waals surface area contributed by atoms with E-state index in [1.54, 1.807) is 0 Å². The largest absolute Gasteiger partial charge is 0.347 e. The Bertz CT molecular complexity index is 209. The zero-order valence-corrected chi connectivity index (χ0v) is 9.72. The summed E-state index contributed by atoms with van der Waals surface area (Å²) in [7, 11) is 0. The fourth-order valence-electron chi connectivity index (χ4n) is 2.57. The van der Waals surface area contributed by atoms with Gasteiger partial charge in [-0.2, -0.15) is 0 Å². The van der Waals surface area contributed by atoms with Crippen molar-refractivity contribution in [2.45, 2.75) is 45.0 Å². The van der Waals surface area contributed by atoms with Crippen molar-refractivity contribution in [1.82, 2.24) is 0 Å². The predicted molar refractivity (Wildman–Crippen MR) is 56.5 cm³/mol. The number of hydrogen-bond acceptors (Lipinski definition) is 2. The van der Waals surface area contributed by atoms with E-state index < -0.39 is 0 Å². The summed E-state index contributed by atoms with van der Waals surface area (Å²) in [5.74, 6) is 1.45. The van der Waals surface area contributed by atoms with E-state index in [2.05, 4.69) is 13.8 Å². The molecule has 0 bridgehead atoms. The Kier molecular flexibility index (Phi) is 3.06. The standard InChI is InChI=1S/C11H19ClO2/c1-8-3-4-9(2)11(5-8)13-7-10(6-12)14-11/h8-10H,3-7H2,1-2H3. The van der Waals surface area contributed by atoms with Gasteiger partial charge in [-0.3, -0.25) is 0 Å². The van der Waals surface area contributed by atoms with E-state index in [1.165, 1.54) is 12.8 Å². The second kappa shape index (κ2) is 3.99. The van der Waals surface area contributed by atoms with E-state index in [-0.39, 0.29) is 11.9 Å². The van der Waals surface area contributed by atoms with Crippen LogP contribution < -0.4 is 0 Å². The molecule has 1 spiro atoms. The molecule has 3 heteroatoms. The van der Waals surface area contributed by atoms with Crippen molar-refractivity contribution in [2.75, 3.05) is 12.5 Å². The Morgan fingerprint density at radius 1 is 1.36 bits per heavy atom. The van der Waals surface area contributed by atoms with Crippen LogP contribution in [0.3, 0.4) is 0 Å². The van der Waals surface area contributed by atoms with E-state index in [1.807, 2.05) is 0 Å². The fourth-order valence-corrected chi connectivity index (χ4v) is 2.72. The van der Waals surface area contributed by atoms with Crippen molar-refractivity contribution in [3.05, 3.63) is 0 Å². The molecule has 0 amide bonds. The van der Waals surface area contributed by atoms with Crippen LogP contribution in [0.1, 0.15) is 33.1 Å². The van der Waals surface area contributed by atoms with Gasteiger partial charge >= 0.3 is 0 Å². The van der Waals surface area contributed by atoms with Crippen LogP contribution in [0.2, 0.25) is 0 Å². The predicted octanol–water partition coefficient (Wildman–Crippen LogP) is 2.79. The fraction of sp³-hybridized carbons (Fsp3) is 1.00. The van der Waals surface area contributed by atoms with Crippen molar-refractivity contribution >= 4 is 11.6 Å². The number of ether oxygens (including phenoxy) is 2. The molecule has 4 atom stereocenters. The molecule has 82 valence electrons. The van der Waals surface area contributed by atoms with E-state index in [0.717, 1.165) is 6.42 Å². The van der Waals surface area contributed by atoms with Gasteiger partial charge in [-0.05, 0) is 12.3 Å². The summed E-state index contributed by atoms with van der Waals surface area (Å²) in [6.45, 7) is 5.16. The van der Waals surface area contributed by atoms with Crippen molar-refractivity contribution in [2.24, 2.45) is 11.8 Å². The zero-order chi connectivity index (χ0) is 10.2. The molecule has 1 heterocycles. The molecule has 0 aromatic heterocycles. The monoisotopic (exact) mass is 218 g/mol. The van der Waals surface area contributed by atoms with Crippen molar-refractivity contribution in [3.8, 4) is 0 Å². The lowest BCUT2D eigenvalue weighted by Gasteiger charge is -2.40. The molecule has 2 fully saturated rings. The summed E-state index contributed by atoms with van der Waals surface area (Å²) in [4.78, 5) is 0. The van der Waals surface area contributed by atoms with Crippen LogP contribution in [-0.2, 0) is 9.47 Å². The summed E-state index contributed by atoms with van der Waals surface area (Å²) in [6, 6.07) is 0. The van der Waals surface area contributed by atoms with Crippen LogP contribution in [0.15, 0.2) is 0 Å². The van der Waals surface area contributed by atoms with Gasteiger partial charge in [0.05, 0.1) is 18.6 Å².